The lowest BCUT2D eigenvalue weighted by atomic mass is 9.78. The van der Waals surface area contributed by atoms with E-state index in [-0.39, 0.29) is 5.60 Å². The van der Waals surface area contributed by atoms with Gasteiger partial charge >= 0.3 is 0 Å². The predicted molar refractivity (Wildman–Crippen MR) is 71.1 cm³/mol. The van der Waals surface area contributed by atoms with Crippen LogP contribution in [0.1, 0.15) is 65.7 Å². The van der Waals surface area contributed by atoms with E-state index in [1.807, 2.05) is 13.8 Å². The van der Waals surface area contributed by atoms with Crippen LogP contribution in [0.4, 0.5) is 0 Å². The van der Waals surface area contributed by atoms with Gasteiger partial charge in [0.05, 0.1) is 5.60 Å². The highest BCUT2D eigenvalue weighted by Gasteiger charge is 2.26. The molecule has 100 valence electrons. The first kappa shape index (κ1) is 14.7. The zero-order chi connectivity index (χ0) is 12.9. The van der Waals surface area contributed by atoms with Crippen LogP contribution in [0.15, 0.2) is 0 Å². The van der Waals surface area contributed by atoms with Gasteiger partial charge < -0.3 is 4.74 Å². The molecule has 0 N–H and O–H groups in total. The van der Waals surface area contributed by atoms with Gasteiger partial charge in [-0.15, -0.1) is 0 Å². The molecule has 0 spiro atoms. The van der Waals surface area contributed by atoms with Crippen LogP contribution < -0.4 is 0 Å². The third-order valence-corrected chi connectivity index (χ3v) is 4.41. The molecule has 0 radical (unpaired) electrons. The highest BCUT2D eigenvalue weighted by atomic mass is 16.5. The van der Waals surface area contributed by atoms with Gasteiger partial charge in [-0.25, -0.2) is 0 Å². The summed E-state index contributed by atoms with van der Waals surface area (Å²) in [7, 11) is 1.72. The molecule has 0 bridgehead atoms. The quantitative estimate of drug-likeness (QED) is 0.702. The fraction of sp³-hybridized carbons (Fsp3) is 0.933. The zero-order valence-electron chi connectivity index (χ0n) is 11.9. The summed E-state index contributed by atoms with van der Waals surface area (Å²) < 4.78 is 5.36. The molecule has 0 aromatic carbocycles. The predicted octanol–water partition coefficient (Wildman–Crippen LogP) is 3.98. The van der Waals surface area contributed by atoms with E-state index in [2.05, 4.69) is 6.92 Å². The summed E-state index contributed by atoms with van der Waals surface area (Å²) in [6.07, 6.45) is 7.53. The minimum absolute atomic E-state index is 0.156. The first-order chi connectivity index (χ1) is 7.98. The Labute approximate surface area is 106 Å². The largest absolute Gasteiger partial charge is 0.379 e. The Balaban J connectivity index is 2.30. The first-order valence-electron chi connectivity index (χ1n) is 7.06. The molecule has 2 nitrogen and oxygen atoms in total. The molecule has 1 aliphatic rings. The van der Waals surface area contributed by atoms with E-state index < -0.39 is 0 Å². The summed E-state index contributed by atoms with van der Waals surface area (Å²) in [4.78, 5) is 12.1. The number of methoxy groups -OCH3 is 1. The van der Waals surface area contributed by atoms with Crippen molar-refractivity contribution in [3.05, 3.63) is 0 Å². The zero-order valence-corrected chi connectivity index (χ0v) is 11.9. The van der Waals surface area contributed by atoms with Gasteiger partial charge in [0.2, 0.25) is 0 Å². The standard InChI is InChI=1S/C15H28O2/c1-5-12-6-8-13(9-7-12)14(16)10-11-15(2,3)17-4/h12-13H,5-11H2,1-4H3. The van der Waals surface area contributed by atoms with Gasteiger partial charge in [0, 0.05) is 19.4 Å². The molecular weight excluding hydrogens is 212 g/mol. The number of hydrogen-bond donors (Lipinski definition) is 0. The maximum absolute atomic E-state index is 12.1. The highest BCUT2D eigenvalue weighted by molar-refractivity contribution is 5.81. The second-order valence-electron chi connectivity index (χ2n) is 6.06. The summed E-state index contributed by atoms with van der Waals surface area (Å²) in [5.41, 5.74) is -0.156. The molecule has 2 heteroatoms. The molecule has 0 unspecified atom stereocenters. The van der Waals surface area contributed by atoms with Crippen molar-refractivity contribution in [2.45, 2.75) is 71.3 Å². The van der Waals surface area contributed by atoms with Crippen molar-refractivity contribution in [2.75, 3.05) is 7.11 Å². The van der Waals surface area contributed by atoms with E-state index in [0.717, 1.165) is 25.2 Å². The number of carbonyl (C=O) groups is 1. The number of rotatable bonds is 6. The van der Waals surface area contributed by atoms with Gasteiger partial charge in [-0.3, -0.25) is 4.79 Å². The van der Waals surface area contributed by atoms with Gasteiger partial charge in [-0.1, -0.05) is 13.3 Å². The van der Waals surface area contributed by atoms with Crippen LogP contribution in [-0.4, -0.2) is 18.5 Å². The summed E-state index contributed by atoms with van der Waals surface area (Å²) in [5, 5.41) is 0. The lowest BCUT2D eigenvalue weighted by Gasteiger charge is -2.28. The summed E-state index contributed by atoms with van der Waals surface area (Å²) >= 11 is 0. The number of ether oxygens (including phenoxy) is 1. The third kappa shape index (κ3) is 4.79. The Bertz CT molecular complexity index is 237. The van der Waals surface area contributed by atoms with E-state index in [1.165, 1.54) is 19.3 Å². The molecule has 0 aliphatic heterocycles. The summed E-state index contributed by atoms with van der Waals surface area (Å²) in [5.74, 6) is 1.67. The molecule has 0 aromatic rings. The molecule has 17 heavy (non-hydrogen) atoms. The topological polar surface area (TPSA) is 26.3 Å². The summed E-state index contributed by atoms with van der Waals surface area (Å²) in [6.45, 7) is 6.36. The molecule has 0 saturated heterocycles. The molecule has 1 saturated carbocycles. The fourth-order valence-corrected chi connectivity index (χ4v) is 2.62. The minimum atomic E-state index is -0.156. The fourth-order valence-electron chi connectivity index (χ4n) is 2.62. The number of ketones is 1. The Hall–Kier alpha value is -0.370. The number of carbonyl (C=O) groups excluding carboxylic acids is 1. The second kappa shape index (κ2) is 6.53. The first-order valence-corrected chi connectivity index (χ1v) is 7.06. The molecule has 1 fully saturated rings. The van der Waals surface area contributed by atoms with Crippen LogP contribution in [-0.2, 0) is 9.53 Å². The Morgan fingerprint density at radius 3 is 2.29 bits per heavy atom. The van der Waals surface area contributed by atoms with Gasteiger partial charge in [-0.2, -0.15) is 0 Å². The Morgan fingerprint density at radius 2 is 1.82 bits per heavy atom. The smallest absolute Gasteiger partial charge is 0.136 e. The third-order valence-electron chi connectivity index (χ3n) is 4.41. The van der Waals surface area contributed by atoms with Crippen molar-refractivity contribution >= 4 is 5.78 Å². The van der Waals surface area contributed by atoms with Crippen LogP contribution >= 0.6 is 0 Å². The molecule has 1 aliphatic carbocycles. The molecule has 0 amide bonds. The highest BCUT2D eigenvalue weighted by Crippen LogP contribution is 2.32. The monoisotopic (exact) mass is 240 g/mol. The van der Waals surface area contributed by atoms with E-state index in [0.29, 0.717) is 18.1 Å². The molecular formula is C15H28O2. The molecule has 0 atom stereocenters. The lowest BCUT2D eigenvalue weighted by Crippen LogP contribution is -2.27. The van der Waals surface area contributed by atoms with Crippen molar-refractivity contribution in [1.82, 2.24) is 0 Å². The van der Waals surface area contributed by atoms with E-state index in [9.17, 15) is 4.79 Å². The normalized spacial score (nSPS) is 25.9. The van der Waals surface area contributed by atoms with Crippen LogP contribution in [0.2, 0.25) is 0 Å². The number of hydrogen-bond acceptors (Lipinski definition) is 2. The second-order valence-corrected chi connectivity index (χ2v) is 6.06. The maximum Gasteiger partial charge on any atom is 0.136 e. The van der Waals surface area contributed by atoms with Crippen molar-refractivity contribution in [2.24, 2.45) is 11.8 Å². The maximum atomic E-state index is 12.1. The average molecular weight is 240 g/mol. The van der Waals surface area contributed by atoms with Gasteiger partial charge in [-0.05, 0) is 51.9 Å². The Kier molecular flexibility index (Phi) is 5.64. The van der Waals surface area contributed by atoms with Gasteiger partial charge in [0.25, 0.3) is 0 Å². The molecule has 1 rings (SSSR count). The van der Waals surface area contributed by atoms with Gasteiger partial charge in [0.1, 0.15) is 5.78 Å². The van der Waals surface area contributed by atoms with Crippen molar-refractivity contribution in [1.29, 1.82) is 0 Å². The average Bonchev–Trinajstić information content (AvgIpc) is 2.36. The minimum Gasteiger partial charge on any atom is -0.379 e. The van der Waals surface area contributed by atoms with Crippen molar-refractivity contribution in [3.63, 3.8) is 0 Å². The van der Waals surface area contributed by atoms with E-state index >= 15 is 0 Å². The van der Waals surface area contributed by atoms with Crippen LogP contribution in [0.25, 0.3) is 0 Å². The van der Waals surface area contributed by atoms with Gasteiger partial charge in [0.15, 0.2) is 0 Å². The van der Waals surface area contributed by atoms with Crippen LogP contribution in [0.5, 0.6) is 0 Å². The SMILES string of the molecule is CCC1CCC(C(=O)CCC(C)(C)OC)CC1. The van der Waals surface area contributed by atoms with Crippen molar-refractivity contribution in [3.8, 4) is 0 Å². The molecule has 0 aromatic heterocycles. The van der Waals surface area contributed by atoms with E-state index in [1.54, 1.807) is 7.11 Å². The van der Waals surface area contributed by atoms with E-state index in [4.69, 9.17) is 4.74 Å². The molecule has 0 heterocycles. The van der Waals surface area contributed by atoms with Crippen molar-refractivity contribution < 1.29 is 9.53 Å². The summed E-state index contributed by atoms with van der Waals surface area (Å²) in [6, 6.07) is 0. The Morgan fingerprint density at radius 1 is 1.24 bits per heavy atom. The van der Waals surface area contributed by atoms with Crippen LogP contribution in [0.3, 0.4) is 0 Å². The lowest BCUT2D eigenvalue weighted by molar-refractivity contribution is -0.125. The number of Topliss-reactive ketones (excluding diaryl/α,β-unsaturated/α-hetero) is 1. The van der Waals surface area contributed by atoms with Crippen LogP contribution in [0, 0.1) is 11.8 Å².